The summed E-state index contributed by atoms with van der Waals surface area (Å²) in [6.45, 7) is 4.45. The molecule has 166 valence electrons. The zero-order valence-electron chi connectivity index (χ0n) is 18.7. The summed E-state index contributed by atoms with van der Waals surface area (Å²) < 4.78 is 6.09. The van der Waals surface area contributed by atoms with Crippen LogP contribution in [0.15, 0.2) is 72.8 Å². The third kappa shape index (κ3) is 4.68. The van der Waals surface area contributed by atoms with E-state index in [0.717, 1.165) is 17.7 Å². The van der Waals surface area contributed by atoms with Crippen LogP contribution in [-0.4, -0.2) is 36.2 Å². The van der Waals surface area contributed by atoms with Crippen LogP contribution in [0, 0.1) is 0 Å². The Balaban J connectivity index is 1.33. The summed E-state index contributed by atoms with van der Waals surface area (Å²) in [6.07, 6.45) is 6.44. The molecule has 2 atom stereocenters. The van der Waals surface area contributed by atoms with Crippen LogP contribution in [0.2, 0.25) is 0 Å². The number of unbranched alkanes of at least 4 members (excludes halogenated alkanes) is 1. The Kier molecular flexibility index (Phi) is 6.45. The van der Waals surface area contributed by atoms with Crippen molar-refractivity contribution in [1.82, 2.24) is 4.90 Å². The minimum Gasteiger partial charge on any atom is -0.508 e. The molecule has 0 saturated carbocycles. The molecule has 1 N–H and O–H groups in total. The molecule has 3 aromatic carbocycles. The first-order chi connectivity index (χ1) is 15.8. The number of ether oxygens (including phenoxy) is 1. The number of hydrogen-bond acceptors (Lipinski definition) is 3. The average Bonchev–Trinajstić information content (AvgIpc) is 3.36. The van der Waals surface area contributed by atoms with E-state index in [0.29, 0.717) is 6.61 Å². The Morgan fingerprint density at radius 2 is 1.62 bits per heavy atom. The normalized spacial score (nSPS) is 20.6. The van der Waals surface area contributed by atoms with Crippen molar-refractivity contribution in [1.29, 1.82) is 0 Å². The molecule has 2 aliphatic heterocycles. The highest BCUT2D eigenvalue weighted by Crippen LogP contribution is 2.46. The summed E-state index contributed by atoms with van der Waals surface area (Å²) in [5.41, 5.74) is 5.18. The Labute approximate surface area is 191 Å². The van der Waals surface area contributed by atoms with Crippen molar-refractivity contribution in [2.24, 2.45) is 0 Å². The molecule has 2 aliphatic rings. The number of hydrogen-bond donors (Lipinski definition) is 1. The highest BCUT2D eigenvalue weighted by Gasteiger charge is 2.33. The van der Waals surface area contributed by atoms with E-state index in [9.17, 15) is 5.11 Å². The van der Waals surface area contributed by atoms with E-state index in [4.69, 9.17) is 4.74 Å². The third-order valence-corrected chi connectivity index (χ3v) is 7.11. The maximum Gasteiger partial charge on any atom is 0.126 e. The molecule has 0 spiro atoms. The van der Waals surface area contributed by atoms with Crippen LogP contribution < -0.4 is 4.74 Å². The Morgan fingerprint density at radius 1 is 0.844 bits per heavy atom. The van der Waals surface area contributed by atoms with E-state index in [2.05, 4.69) is 59.5 Å². The molecule has 1 fully saturated rings. The largest absolute Gasteiger partial charge is 0.508 e. The molecular formula is C29H33NO2. The summed E-state index contributed by atoms with van der Waals surface area (Å²) in [5.74, 6) is 1.52. The van der Waals surface area contributed by atoms with Gasteiger partial charge in [0.2, 0.25) is 0 Å². The molecular weight excluding hydrogens is 394 g/mol. The van der Waals surface area contributed by atoms with Crippen LogP contribution in [-0.2, 0) is 6.42 Å². The summed E-state index contributed by atoms with van der Waals surface area (Å²) in [5, 5.41) is 9.95. The number of likely N-dealkylation sites (tertiary alicyclic amines) is 1. The van der Waals surface area contributed by atoms with Crippen molar-refractivity contribution in [2.45, 2.75) is 43.9 Å². The van der Waals surface area contributed by atoms with Crippen LogP contribution >= 0.6 is 0 Å². The second-order valence-corrected chi connectivity index (χ2v) is 9.28. The maximum absolute atomic E-state index is 9.95. The second-order valence-electron chi connectivity index (χ2n) is 9.28. The number of aromatic hydroxyl groups is 1. The lowest BCUT2D eigenvalue weighted by Gasteiger charge is -2.34. The highest BCUT2D eigenvalue weighted by molar-refractivity contribution is 5.50. The number of phenolic OH excluding ortho intramolecular Hbond substituents is 1. The van der Waals surface area contributed by atoms with Gasteiger partial charge in [0.05, 0.1) is 6.61 Å². The van der Waals surface area contributed by atoms with Gasteiger partial charge in [0, 0.05) is 23.5 Å². The van der Waals surface area contributed by atoms with E-state index in [1.807, 2.05) is 6.07 Å². The predicted octanol–water partition coefficient (Wildman–Crippen LogP) is 6.12. The zero-order chi connectivity index (χ0) is 21.8. The Hall–Kier alpha value is -2.78. The van der Waals surface area contributed by atoms with Crippen LogP contribution in [0.25, 0.3) is 0 Å². The summed E-state index contributed by atoms with van der Waals surface area (Å²) in [4.78, 5) is 2.60. The van der Waals surface area contributed by atoms with Crippen molar-refractivity contribution in [2.75, 3.05) is 26.2 Å². The van der Waals surface area contributed by atoms with Crippen molar-refractivity contribution in [3.05, 3.63) is 95.1 Å². The molecule has 0 bridgehead atoms. The fourth-order valence-corrected chi connectivity index (χ4v) is 5.36. The monoisotopic (exact) mass is 427 g/mol. The van der Waals surface area contributed by atoms with Crippen molar-refractivity contribution in [3.8, 4) is 11.5 Å². The van der Waals surface area contributed by atoms with Crippen molar-refractivity contribution in [3.63, 3.8) is 0 Å². The lowest BCUT2D eigenvalue weighted by molar-refractivity contribution is 0.248. The van der Waals surface area contributed by atoms with Gasteiger partial charge < -0.3 is 14.7 Å². The van der Waals surface area contributed by atoms with Gasteiger partial charge in [0.25, 0.3) is 0 Å². The smallest absolute Gasteiger partial charge is 0.126 e. The van der Waals surface area contributed by atoms with Crippen LogP contribution in [0.5, 0.6) is 11.5 Å². The Bertz CT molecular complexity index is 1010. The van der Waals surface area contributed by atoms with E-state index < -0.39 is 0 Å². The van der Waals surface area contributed by atoms with Crippen LogP contribution in [0.4, 0.5) is 0 Å². The fourth-order valence-electron chi connectivity index (χ4n) is 5.36. The molecule has 32 heavy (non-hydrogen) atoms. The van der Waals surface area contributed by atoms with Gasteiger partial charge in [-0.2, -0.15) is 0 Å². The maximum atomic E-state index is 9.95. The van der Waals surface area contributed by atoms with Crippen LogP contribution in [0.3, 0.4) is 0 Å². The second kappa shape index (κ2) is 9.79. The molecule has 3 aromatic rings. The third-order valence-electron chi connectivity index (χ3n) is 7.11. The molecule has 0 radical (unpaired) electrons. The first-order valence-corrected chi connectivity index (χ1v) is 12.1. The van der Waals surface area contributed by atoms with Gasteiger partial charge in [-0.15, -0.1) is 0 Å². The fraction of sp³-hybridized carbons (Fsp3) is 0.379. The van der Waals surface area contributed by atoms with Gasteiger partial charge in [-0.1, -0.05) is 60.7 Å². The number of aryl methyl sites for hydroxylation is 1. The zero-order valence-corrected chi connectivity index (χ0v) is 18.7. The molecule has 2 heterocycles. The minimum absolute atomic E-state index is 0.214. The lowest BCUT2D eigenvalue weighted by atomic mass is 9.75. The van der Waals surface area contributed by atoms with Gasteiger partial charge in [0.15, 0.2) is 0 Å². The number of fused-ring (bicyclic) bond motifs is 1. The van der Waals surface area contributed by atoms with Gasteiger partial charge >= 0.3 is 0 Å². The lowest BCUT2D eigenvalue weighted by Crippen LogP contribution is -2.25. The number of benzene rings is 3. The number of phenols is 1. The van der Waals surface area contributed by atoms with Gasteiger partial charge in [-0.05, 0) is 74.5 Å². The standard InChI is InChI=1S/C29H33NO2/c31-25-15-16-26-28(20-25)32-21-27(23-9-2-1-3-10-23)29(26)24-13-11-22(12-14-24)8-4-5-17-30-18-6-7-19-30/h1-3,9-16,20,27,29,31H,4-8,17-19,21H2. The number of nitrogens with zero attached hydrogens (tertiary/aromatic N) is 1. The molecule has 1 saturated heterocycles. The molecule has 3 nitrogen and oxygen atoms in total. The Morgan fingerprint density at radius 3 is 2.41 bits per heavy atom. The summed E-state index contributed by atoms with van der Waals surface area (Å²) in [7, 11) is 0. The molecule has 5 rings (SSSR count). The summed E-state index contributed by atoms with van der Waals surface area (Å²) >= 11 is 0. The topological polar surface area (TPSA) is 32.7 Å². The van der Waals surface area contributed by atoms with Crippen LogP contribution in [0.1, 0.15) is 59.8 Å². The van der Waals surface area contributed by atoms with E-state index >= 15 is 0 Å². The highest BCUT2D eigenvalue weighted by atomic mass is 16.5. The SMILES string of the molecule is Oc1ccc2c(c1)OCC(c1ccccc1)C2c1ccc(CCCCN2CCCC2)cc1. The molecule has 0 aliphatic carbocycles. The molecule has 2 unspecified atom stereocenters. The van der Waals surface area contributed by atoms with E-state index in [-0.39, 0.29) is 17.6 Å². The quantitative estimate of drug-likeness (QED) is 0.461. The average molecular weight is 428 g/mol. The molecule has 0 amide bonds. The van der Waals surface area contributed by atoms with E-state index in [1.165, 1.54) is 62.0 Å². The first kappa shape index (κ1) is 21.1. The minimum atomic E-state index is 0.214. The molecule has 0 aromatic heterocycles. The molecule has 3 heteroatoms. The number of rotatable bonds is 7. The van der Waals surface area contributed by atoms with Gasteiger partial charge in [-0.25, -0.2) is 0 Å². The van der Waals surface area contributed by atoms with E-state index in [1.54, 1.807) is 12.1 Å². The van der Waals surface area contributed by atoms with Gasteiger partial charge in [0.1, 0.15) is 11.5 Å². The predicted molar refractivity (Wildman–Crippen MR) is 130 cm³/mol. The summed E-state index contributed by atoms with van der Waals surface area (Å²) in [6, 6.07) is 25.4. The van der Waals surface area contributed by atoms with Crippen molar-refractivity contribution >= 4 is 0 Å². The van der Waals surface area contributed by atoms with Gasteiger partial charge in [-0.3, -0.25) is 0 Å². The van der Waals surface area contributed by atoms with Crippen molar-refractivity contribution < 1.29 is 9.84 Å². The first-order valence-electron chi connectivity index (χ1n) is 12.1.